The molecule has 26 heavy (non-hydrogen) atoms. The van der Waals surface area contributed by atoms with Gasteiger partial charge < -0.3 is 9.47 Å². The molecule has 2 aromatic carbocycles. The van der Waals surface area contributed by atoms with Crippen molar-refractivity contribution in [1.29, 1.82) is 0 Å². The van der Waals surface area contributed by atoms with E-state index < -0.39 is 0 Å². The lowest BCUT2D eigenvalue weighted by Gasteiger charge is -2.11. The van der Waals surface area contributed by atoms with Crippen LogP contribution in [0.1, 0.15) is 16.7 Å². The number of methoxy groups -OCH3 is 2. The molecule has 4 heteroatoms. The molecule has 0 fully saturated rings. The van der Waals surface area contributed by atoms with Crippen molar-refractivity contribution in [3.05, 3.63) is 71.5 Å². The average molecular weight is 344 g/mol. The summed E-state index contributed by atoms with van der Waals surface area (Å²) >= 11 is 0. The molecule has 0 bridgehead atoms. The van der Waals surface area contributed by atoms with E-state index in [1.54, 1.807) is 14.2 Å². The molecule has 0 unspecified atom stereocenters. The van der Waals surface area contributed by atoms with Gasteiger partial charge in [-0.15, -0.1) is 0 Å². The van der Waals surface area contributed by atoms with Gasteiger partial charge in [0.2, 0.25) is 0 Å². The molecule has 4 rings (SSSR count). The topological polar surface area (TPSA) is 44.2 Å². The highest BCUT2D eigenvalue weighted by Gasteiger charge is 2.09. The monoisotopic (exact) mass is 344 g/mol. The number of fused-ring (bicyclic) bond motifs is 3. The van der Waals surface area contributed by atoms with Crippen LogP contribution in [-0.2, 0) is 6.42 Å². The van der Waals surface area contributed by atoms with Crippen LogP contribution in [0.3, 0.4) is 0 Å². The Hall–Kier alpha value is -3.14. The SMILES string of the molecule is COc1ccc(Cc2cnc3cnc4cc(C)ccc4c3c2)c(OC)c1. The number of benzene rings is 2. The third-order valence-corrected chi connectivity index (χ3v) is 4.63. The first kappa shape index (κ1) is 16.3. The summed E-state index contributed by atoms with van der Waals surface area (Å²) in [5, 5.41) is 2.25. The predicted molar refractivity (Wildman–Crippen MR) is 104 cm³/mol. The number of hydrogen-bond acceptors (Lipinski definition) is 4. The second kappa shape index (κ2) is 6.64. The van der Waals surface area contributed by atoms with Crippen LogP contribution in [0.4, 0.5) is 0 Å². The van der Waals surface area contributed by atoms with Crippen molar-refractivity contribution in [1.82, 2.24) is 9.97 Å². The van der Waals surface area contributed by atoms with Crippen molar-refractivity contribution in [2.45, 2.75) is 13.3 Å². The molecule has 0 aliphatic carbocycles. The van der Waals surface area contributed by atoms with Crippen molar-refractivity contribution in [3.8, 4) is 11.5 Å². The molecule has 0 spiro atoms. The van der Waals surface area contributed by atoms with Gasteiger partial charge in [0.15, 0.2) is 0 Å². The Bertz CT molecular complexity index is 1110. The molecule has 4 aromatic rings. The fourth-order valence-corrected chi connectivity index (χ4v) is 3.26. The maximum absolute atomic E-state index is 5.52. The lowest BCUT2D eigenvalue weighted by atomic mass is 10.0. The molecule has 2 aromatic heterocycles. The zero-order valence-corrected chi connectivity index (χ0v) is 15.1. The summed E-state index contributed by atoms with van der Waals surface area (Å²) in [6.07, 6.45) is 4.49. The van der Waals surface area contributed by atoms with Gasteiger partial charge in [-0.3, -0.25) is 9.97 Å². The minimum Gasteiger partial charge on any atom is -0.497 e. The van der Waals surface area contributed by atoms with Crippen molar-refractivity contribution in [2.75, 3.05) is 14.2 Å². The van der Waals surface area contributed by atoms with Gasteiger partial charge in [0, 0.05) is 29.5 Å². The Kier molecular flexibility index (Phi) is 4.17. The quantitative estimate of drug-likeness (QED) is 0.503. The summed E-state index contributed by atoms with van der Waals surface area (Å²) in [4.78, 5) is 9.15. The van der Waals surface area contributed by atoms with Gasteiger partial charge >= 0.3 is 0 Å². The summed E-state index contributed by atoms with van der Waals surface area (Å²) in [5.41, 5.74) is 5.35. The Morgan fingerprint density at radius 1 is 0.808 bits per heavy atom. The van der Waals surface area contributed by atoms with Gasteiger partial charge in [0.05, 0.1) is 31.4 Å². The third kappa shape index (κ3) is 2.94. The largest absolute Gasteiger partial charge is 0.497 e. The van der Waals surface area contributed by atoms with Crippen LogP contribution < -0.4 is 9.47 Å². The fraction of sp³-hybridized carbons (Fsp3) is 0.182. The number of rotatable bonds is 4. The number of aromatic nitrogens is 2. The summed E-state index contributed by atoms with van der Waals surface area (Å²) in [6, 6.07) is 14.4. The zero-order chi connectivity index (χ0) is 18.1. The molecule has 0 radical (unpaired) electrons. The third-order valence-electron chi connectivity index (χ3n) is 4.63. The predicted octanol–water partition coefficient (Wildman–Crippen LogP) is 4.70. The van der Waals surface area contributed by atoms with Gasteiger partial charge in [-0.25, -0.2) is 0 Å². The van der Waals surface area contributed by atoms with Crippen molar-refractivity contribution in [3.63, 3.8) is 0 Å². The Labute approximate surface area is 152 Å². The maximum Gasteiger partial charge on any atom is 0.126 e. The second-order valence-electron chi connectivity index (χ2n) is 6.41. The number of aryl methyl sites for hydroxylation is 1. The molecule has 0 saturated carbocycles. The summed E-state index contributed by atoms with van der Waals surface area (Å²) in [6.45, 7) is 2.08. The molecule has 4 nitrogen and oxygen atoms in total. The maximum atomic E-state index is 5.52. The highest BCUT2D eigenvalue weighted by molar-refractivity contribution is 6.04. The minimum absolute atomic E-state index is 0.742. The molecule has 0 aliphatic heterocycles. The van der Waals surface area contributed by atoms with Gasteiger partial charge in [-0.2, -0.15) is 0 Å². The molecular formula is C22H20N2O2. The van der Waals surface area contributed by atoms with E-state index in [9.17, 15) is 0 Å². The van der Waals surface area contributed by atoms with Crippen LogP contribution in [0.25, 0.3) is 21.8 Å². The number of ether oxygens (including phenoxy) is 2. The Morgan fingerprint density at radius 2 is 1.65 bits per heavy atom. The molecule has 2 heterocycles. The van der Waals surface area contributed by atoms with E-state index in [1.165, 1.54) is 5.56 Å². The molecular weight excluding hydrogens is 324 g/mol. The van der Waals surface area contributed by atoms with Gasteiger partial charge in [-0.1, -0.05) is 18.2 Å². The Balaban J connectivity index is 1.79. The number of hydrogen-bond donors (Lipinski definition) is 0. The lowest BCUT2D eigenvalue weighted by Crippen LogP contribution is -1.96. The summed E-state index contributed by atoms with van der Waals surface area (Å²) in [7, 11) is 3.33. The molecule has 0 N–H and O–H groups in total. The van der Waals surface area contributed by atoms with Gasteiger partial charge in [-0.05, 0) is 41.8 Å². The van der Waals surface area contributed by atoms with E-state index in [0.29, 0.717) is 0 Å². The number of pyridine rings is 2. The van der Waals surface area contributed by atoms with Crippen molar-refractivity contribution in [2.24, 2.45) is 0 Å². The first-order chi connectivity index (χ1) is 12.7. The van der Waals surface area contributed by atoms with E-state index in [1.807, 2.05) is 30.6 Å². The standard InChI is InChI=1S/C22H20N2O2/c1-14-4-7-18-19-10-15(12-23-21(19)13-24-20(18)8-14)9-16-5-6-17(25-2)11-22(16)26-3/h4-8,10-13H,9H2,1-3H3. The van der Waals surface area contributed by atoms with E-state index in [2.05, 4.69) is 41.2 Å². The minimum atomic E-state index is 0.742. The lowest BCUT2D eigenvalue weighted by molar-refractivity contribution is 0.391. The van der Waals surface area contributed by atoms with E-state index in [4.69, 9.17) is 9.47 Å². The molecule has 0 saturated heterocycles. The first-order valence-electron chi connectivity index (χ1n) is 8.53. The van der Waals surface area contributed by atoms with Crippen LogP contribution in [0.15, 0.2) is 54.9 Å². The van der Waals surface area contributed by atoms with Crippen molar-refractivity contribution >= 4 is 21.8 Å². The van der Waals surface area contributed by atoms with Gasteiger partial charge in [0.25, 0.3) is 0 Å². The van der Waals surface area contributed by atoms with Crippen molar-refractivity contribution < 1.29 is 9.47 Å². The van der Waals surface area contributed by atoms with Crippen LogP contribution in [0, 0.1) is 6.92 Å². The zero-order valence-electron chi connectivity index (χ0n) is 15.1. The van der Waals surface area contributed by atoms with Crippen LogP contribution >= 0.6 is 0 Å². The van der Waals surface area contributed by atoms with E-state index >= 15 is 0 Å². The normalized spacial score (nSPS) is 11.0. The molecule has 130 valence electrons. The molecule has 0 amide bonds. The summed E-state index contributed by atoms with van der Waals surface area (Å²) < 4.78 is 10.8. The first-order valence-corrected chi connectivity index (χ1v) is 8.53. The average Bonchev–Trinajstić information content (AvgIpc) is 2.67. The highest BCUT2D eigenvalue weighted by Crippen LogP contribution is 2.28. The van der Waals surface area contributed by atoms with E-state index in [-0.39, 0.29) is 0 Å². The van der Waals surface area contributed by atoms with Crippen LogP contribution in [0.2, 0.25) is 0 Å². The second-order valence-corrected chi connectivity index (χ2v) is 6.41. The molecule has 0 atom stereocenters. The smallest absolute Gasteiger partial charge is 0.126 e. The Morgan fingerprint density at radius 3 is 2.46 bits per heavy atom. The van der Waals surface area contributed by atoms with Crippen LogP contribution in [-0.4, -0.2) is 24.2 Å². The summed E-state index contributed by atoms with van der Waals surface area (Å²) in [5.74, 6) is 1.61. The van der Waals surface area contributed by atoms with Gasteiger partial charge in [0.1, 0.15) is 11.5 Å². The highest BCUT2D eigenvalue weighted by atomic mass is 16.5. The van der Waals surface area contributed by atoms with Crippen LogP contribution in [0.5, 0.6) is 11.5 Å². The fourth-order valence-electron chi connectivity index (χ4n) is 3.26. The number of nitrogens with zero attached hydrogens (tertiary/aromatic N) is 2. The van der Waals surface area contributed by atoms with E-state index in [0.717, 1.165) is 50.9 Å². The molecule has 0 aliphatic rings.